The molecule has 6 nitrogen and oxygen atoms in total. The van der Waals surface area contributed by atoms with Crippen LogP contribution in [-0.2, 0) is 4.79 Å². The van der Waals surface area contributed by atoms with Gasteiger partial charge in [0.2, 0.25) is 5.91 Å². The number of aryl methyl sites for hydroxylation is 1. The summed E-state index contributed by atoms with van der Waals surface area (Å²) in [6.45, 7) is 1.86. The number of aromatic nitrogens is 1. The van der Waals surface area contributed by atoms with Crippen LogP contribution in [0.15, 0.2) is 52.0 Å². The summed E-state index contributed by atoms with van der Waals surface area (Å²) >= 11 is 0. The van der Waals surface area contributed by atoms with Crippen LogP contribution in [0.2, 0.25) is 0 Å². The van der Waals surface area contributed by atoms with Crippen LogP contribution in [0, 0.1) is 12.7 Å². The van der Waals surface area contributed by atoms with Gasteiger partial charge in [0.1, 0.15) is 5.82 Å². The molecule has 28 heavy (non-hydrogen) atoms. The van der Waals surface area contributed by atoms with Crippen LogP contribution < -0.4 is 10.2 Å². The smallest absolute Gasteiger partial charge is 0.230 e. The average Bonchev–Trinajstić information content (AvgIpc) is 3.01. The van der Waals surface area contributed by atoms with Crippen LogP contribution in [0.3, 0.4) is 0 Å². The van der Waals surface area contributed by atoms with E-state index >= 15 is 0 Å². The van der Waals surface area contributed by atoms with E-state index in [4.69, 9.17) is 4.52 Å². The molecule has 1 N–H and O–H groups in total. The highest BCUT2D eigenvalue weighted by molar-refractivity contribution is 6.17. The summed E-state index contributed by atoms with van der Waals surface area (Å²) in [5.41, 5.74) is 4.33. The first-order valence-electron chi connectivity index (χ1n) is 8.83. The van der Waals surface area contributed by atoms with E-state index in [0.29, 0.717) is 28.5 Å². The molecule has 0 spiro atoms. The quantitative estimate of drug-likeness (QED) is 0.737. The molecule has 142 valence electrons. The third-order valence-corrected chi connectivity index (χ3v) is 4.51. The zero-order chi connectivity index (χ0) is 19.8. The van der Waals surface area contributed by atoms with Crippen molar-refractivity contribution in [3.05, 3.63) is 59.5 Å². The summed E-state index contributed by atoms with van der Waals surface area (Å²) in [6.07, 6.45) is 0.0898. The lowest BCUT2D eigenvalue weighted by Gasteiger charge is -2.15. The van der Waals surface area contributed by atoms with E-state index in [9.17, 15) is 9.18 Å². The maximum absolute atomic E-state index is 14.3. The van der Waals surface area contributed by atoms with E-state index in [-0.39, 0.29) is 12.3 Å². The van der Waals surface area contributed by atoms with Crippen molar-refractivity contribution in [2.75, 3.05) is 24.3 Å². The number of aliphatic imine (C=N–C) groups is 1. The Balaban J connectivity index is 1.80. The molecule has 0 radical (unpaired) electrons. The lowest BCUT2D eigenvalue weighted by Crippen LogP contribution is -2.15. The molecular weight excluding hydrogens is 359 g/mol. The second kappa shape index (κ2) is 6.92. The summed E-state index contributed by atoms with van der Waals surface area (Å²) in [4.78, 5) is 18.7. The average molecular weight is 378 g/mol. The molecule has 2 aromatic carbocycles. The van der Waals surface area contributed by atoms with Gasteiger partial charge in [0.25, 0.3) is 0 Å². The minimum atomic E-state index is -0.412. The molecule has 2 heterocycles. The molecule has 0 bridgehead atoms. The predicted octanol–water partition coefficient (Wildman–Crippen LogP) is 4.32. The summed E-state index contributed by atoms with van der Waals surface area (Å²) in [5.74, 6) is -0.00353. The fourth-order valence-corrected chi connectivity index (χ4v) is 3.14. The van der Waals surface area contributed by atoms with Crippen LogP contribution in [0.25, 0.3) is 11.3 Å². The van der Waals surface area contributed by atoms with E-state index < -0.39 is 5.82 Å². The largest absolute Gasteiger partial charge is 0.375 e. The molecule has 3 aromatic rings. The molecule has 1 aliphatic heterocycles. The van der Waals surface area contributed by atoms with Crippen LogP contribution in [0.5, 0.6) is 0 Å². The Morgan fingerprint density at radius 3 is 2.64 bits per heavy atom. The molecule has 0 fully saturated rings. The molecule has 1 aliphatic rings. The first-order valence-corrected chi connectivity index (χ1v) is 8.83. The number of nitrogens with one attached hydrogen (secondary N) is 1. The van der Waals surface area contributed by atoms with E-state index in [0.717, 1.165) is 16.8 Å². The van der Waals surface area contributed by atoms with Gasteiger partial charge in [-0.2, -0.15) is 0 Å². The molecule has 0 atom stereocenters. The number of carbonyl (C=O) groups is 1. The Labute approximate surface area is 161 Å². The van der Waals surface area contributed by atoms with Gasteiger partial charge in [0, 0.05) is 31.8 Å². The number of rotatable bonds is 3. The number of hydrogen-bond acceptors (Lipinski definition) is 5. The topological polar surface area (TPSA) is 70.7 Å². The van der Waals surface area contributed by atoms with Gasteiger partial charge in [-0.25, -0.2) is 4.39 Å². The molecule has 0 aliphatic carbocycles. The highest BCUT2D eigenvalue weighted by Crippen LogP contribution is 2.35. The number of amides is 1. The van der Waals surface area contributed by atoms with Gasteiger partial charge in [-0.1, -0.05) is 23.4 Å². The second-order valence-electron chi connectivity index (χ2n) is 6.91. The van der Waals surface area contributed by atoms with Gasteiger partial charge >= 0.3 is 0 Å². The fraction of sp³-hybridized carbons (Fsp3) is 0.190. The van der Waals surface area contributed by atoms with Gasteiger partial charge in [-0.05, 0) is 24.6 Å². The first-order chi connectivity index (χ1) is 13.4. The summed E-state index contributed by atoms with van der Waals surface area (Å²) in [7, 11) is 3.52. The monoisotopic (exact) mass is 378 g/mol. The summed E-state index contributed by atoms with van der Waals surface area (Å²) in [6, 6.07) is 12.4. The Morgan fingerprint density at radius 1 is 1.14 bits per heavy atom. The van der Waals surface area contributed by atoms with Crippen molar-refractivity contribution in [2.24, 2.45) is 4.99 Å². The summed E-state index contributed by atoms with van der Waals surface area (Å²) in [5, 5.41) is 6.66. The predicted molar refractivity (Wildman–Crippen MR) is 107 cm³/mol. The number of benzene rings is 2. The summed E-state index contributed by atoms with van der Waals surface area (Å²) < 4.78 is 19.6. The van der Waals surface area contributed by atoms with Crippen LogP contribution in [-0.4, -0.2) is 30.9 Å². The van der Waals surface area contributed by atoms with Crippen molar-refractivity contribution in [1.82, 2.24) is 5.16 Å². The van der Waals surface area contributed by atoms with E-state index in [2.05, 4.69) is 15.5 Å². The lowest BCUT2D eigenvalue weighted by molar-refractivity contribution is -0.115. The van der Waals surface area contributed by atoms with Gasteiger partial charge in [0.05, 0.1) is 34.9 Å². The molecule has 1 aromatic heterocycles. The third-order valence-electron chi connectivity index (χ3n) is 4.51. The van der Waals surface area contributed by atoms with E-state index in [1.165, 1.54) is 6.07 Å². The number of hydrogen-bond donors (Lipinski definition) is 1. The van der Waals surface area contributed by atoms with Crippen molar-refractivity contribution < 1.29 is 13.7 Å². The minimum absolute atomic E-state index is 0.0898. The van der Waals surface area contributed by atoms with Gasteiger partial charge in [-0.3, -0.25) is 9.79 Å². The zero-order valence-electron chi connectivity index (χ0n) is 15.8. The normalized spacial score (nSPS) is 13.4. The van der Waals surface area contributed by atoms with Gasteiger partial charge in [-0.15, -0.1) is 0 Å². The van der Waals surface area contributed by atoms with Crippen molar-refractivity contribution in [3.8, 4) is 11.3 Å². The zero-order valence-corrected chi connectivity index (χ0v) is 15.8. The van der Waals surface area contributed by atoms with Crippen molar-refractivity contribution >= 4 is 28.7 Å². The Bertz CT molecular complexity index is 1100. The number of anilines is 2. The fourth-order valence-electron chi connectivity index (χ4n) is 3.14. The molecule has 0 unspecified atom stereocenters. The highest BCUT2D eigenvalue weighted by atomic mass is 19.1. The van der Waals surface area contributed by atoms with E-state index in [1.807, 2.05) is 37.3 Å². The van der Waals surface area contributed by atoms with Crippen molar-refractivity contribution in [1.29, 1.82) is 0 Å². The van der Waals surface area contributed by atoms with Crippen LogP contribution in [0.4, 0.5) is 21.5 Å². The van der Waals surface area contributed by atoms with Crippen LogP contribution >= 0.6 is 0 Å². The minimum Gasteiger partial charge on any atom is -0.375 e. The first kappa shape index (κ1) is 17.9. The number of halogens is 1. The molecular formula is C21H19FN4O2. The Kier molecular flexibility index (Phi) is 4.43. The van der Waals surface area contributed by atoms with Crippen molar-refractivity contribution in [3.63, 3.8) is 0 Å². The molecule has 7 heteroatoms. The van der Waals surface area contributed by atoms with Gasteiger partial charge < -0.3 is 14.7 Å². The Hall–Kier alpha value is -3.48. The van der Waals surface area contributed by atoms with Crippen molar-refractivity contribution in [2.45, 2.75) is 13.3 Å². The lowest BCUT2D eigenvalue weighted by atomic mass is 10.0. The molecule has 4 rings (SSSR count). The SMILES string of the molecule is Cc1cc(-c2cccc(C3=Nc4cc(N(C)C)c(F)cc4NC(=O)C3)c2)on1. The van der Waals surface area contributed by atoms with Gasteiger partial charge in [0.15, 0.2) is 5.76 Å². The standard InChI is InChI=1S/C21H19FN4O2/c1-12-7-20(28-25-12)14-6-4-5-13(8-14)16-11-21(27)24-17-9-15(22)19(26(2)3)10-18(17)23-16/h4-10H,11H2,1-3H3,(H,24,27). The maximum Gasteiger partial charge on any atom is 0.230 e. The van der Waals surface area contributed by atoms with Crippen LogP contribution in [0.1, 0.15) is 17.7 Å². The number of carbonyl (C=O) groups excluding carboxylic acids is 1. The number of fused-ring (bicyclic) bond motifs is 1. The number of nitrogens with zero attached hydrogens (tertiary/aromatic N) is 3. The highest BCUT2D eigenvalue weighted by Gasteiger charge is 2.20. The molecule has 0 saturated heterocycles. The maximum atomic E-state index is 14.3. The Morgan fingerprint density at radius 2 is 1.93 bits per heavy atom. The second-order valence-corrected chi connectivity index (χ2v) is 6.91. The third kappa shape index (κ3) is 3.38. The molecule has 1 amide bonds. The van der Waals surface area contributed by atoms with E-state index in [1.54, 1.807) is 25.1 Å². The molecule has 0 saturated carbocycles.